The molecule has 0 radical (unpaired) electrons. The number of carbonyl (C=O) groups excluding carboxylic acids is 1. The van der Waals surface area contributed by atoms with Crippen molar-refractivity contribution in [2.24, 2.45) is 5.92 Å². The van der Waals surface area contributed by atoms with Gasteiger partial charge in [0.25, 0.3) is 0 Å². The minimum absolute atomic E-state index is 0.220. The van der Waals surface area contributed by atoms with Gasteiger partial charge in [0.1, 0.15) is 0 Å². The summed E-state index contributed by atoms with van der Waals surface area (Å²) in [6.45, 7) is 6.16. The summed E-state index contributed by atoms with van der Waals surface area (Å²) in [7, 11) is 0. The van der Waals surface area contributed by atoms with Crippen LogP contribution in [0.25, 0.3) is 0 Å². The molecule has 1 nitrogen and oxygen atoms in total. The van der Waals surface area contributed by atoms with Gasteiger partial charge in [-0.25, -0.2) is 0 Å². The number of rotatable bonds is 4. The van der Waals surface area contributed by atoms with Gasteiger partial charge in [-0.05, 0) is 36.8 Å². The summed E-state index contributed by atoms with van der Waals surface area (Å²) in [5.41, 5.74) is 1.13. The van der Waals surface area contributed by atoms with Crippen LogP contribution in [0.4, 0.5) is 0 Å². The number of thiophene rings is 1. The molecule has 1 aromatic rings. The molecular weight excluding hydrogens is 180 g/mol. The van der Waals surface area contributed by atoms with E-state index < -0.39 is 0 Å². The molecule has 0 saturated carbocycles. The van der Waals surface area contributed by atoms with Gasteiger partial charge in [0, 0.05) is 5.92 Å². The number of hydrogen-bond acceptors (Lipinski definition) is 2. The topological polar surface area (TPSA) is 17.1 Å². The summed E-state index contributed by atoms with van der Waals surface area (Å²) in [5.74, 6) is 0.551. The third-order valence-electron chi connectivity index (χ3n) is 2.44. The van der Waals surface area contributed by atoms with Crippen molar-refractivity contribution >= 4 is 17.1 Å². The largest absolute Gasteiger partial charge is 0.293 e. The Bertz CT molecular complexity index is 284. The van der Waals surface area contributed by atoms with E-state index in [0.717, 1.165) is 23.3 Å². The van der Waals surface area contributed by atoms with Crippen LogP contribution in [-0.4, -0.2) is 5.78 Å². The molecule has 2 heteroatoms. The first-order valence-corrected chi connectivity index (χ1v) is 5.66. The summed E-state index contributed by atoms with van der Waals surface area (Å²) >= 11 is 1.57. The lowest BCUT2D eigenvalue weighted by Gasteiger charge is -2.09. The van der Waals surface area contributed by atoms with Crippen LogP contribution in [-0.2, 0) is 0 Å². The van der Waals surface area contributed by atoms with Gasteiger partial charge < -0.3 is 0 Å². The highest BCUT2D eigenvalue weighted by Gasteiger charge is 2.18. The van der Waals surface area contributed by atoms with Gasteiger partial charge in [0.15, 0.2) is 5.78 Å². The van der Waals surface area contributed by atoms with Gasteiger partial charge in [0.05, 0.1) is 4.88 Å². The molecule has 0 aromatic carbocycles. The Balaban J connectivity index is 2.84. The van der Waals surface area contributed by atoms with Crippen LogP contribution in [0.2, 0.25) is 0 Å². The second kappa shape index (κ2) is 4.56. The highest BCUT2D eigenvalue weighted by atomic mass is 32.1. The van der Waals surface area contributed by atoms with Crippen molar-refractivity contribution in [3.63, 3.8) is 0 Å². The Morgan fingerprint density at radius 1 is 1.46 bits per heavy atom. The van der Waals surface area contributed by atoms with E-state index in [1.165, 1.54) is 0 Å². The van der Waals surface area contributed by atoms with E-state index in [2.05, 4.69) is 13.8 Å². The standard InChI is InChI=1S/C11H16OS/c1-4-9(5-2)10(12)11-8(3)6-7-13-11/h6-7,9H,4-5H2,1-3H3. The van der Waals surface area contributed by atoms with Crippen molar-refractivity contribution in [2.45, 2.75) is 33.6 Å². The number of carbonyl (C=O) groups is 1. The van der Waals surface area contributed by atoms with Gasteiger partial charge in [-0.2, -0.15) is 0 Å². The summed E-state index contributed by atoms with van der Waals surface area (Å²) in [4.78, 5) is 12.9. The molecule has 1 aromatic heterocycles. The molecule has 13 heavy (non-hydrogen) atoms. The summed E-state index contributed by atoms with van der Waals surface area (Å²) in [6.07, 6.45) is 1.90. The predicted octanol–water partition coefficient (Wildman–Crippen LogP) is 3.68. The van der Waals surface area contributed by atoms with E-state index >= 15 is 0 Å². The summed E-state index contributed by atoms with van der Waals surface area (Å²) in [5, 5.41) is 1.99. The molecule has 0 saturated heterocycles. The maximum Gasteiger partial charge on any atom is 0.176 e. The molecule has 0 N–H and O–H groups in total. The van der Waals surface area contributed by atoms with Crippen LogP contribution in [0.15, 0.2) is 11.4 Å². The summed E-state index contributed by atoms with van der Waals surface area (Å²) in [6, 6.07) is 2.01. The van der Waals surface area contributed by atoms with Crippen LogP contribution >= 0.6 is 11.3 Å². The van der Waals surface area contributed by atoms with E-state index in [1.807, 2.05) is 18.4 Å². The zero-order valence-corrected chi connectivity index (χ0v) is 9.28. The van der Waals surface area contributed by atoms with Crippen molar-refractivity contribution < 1.29 is 4.79 Å². The van der Waals surface area contributed by atoms with Crippen molar-refractivity contribution in [1.82, 2.24) is 0 Å². The molecule has 0 amide bonds. The first-order chi connectivity index (χ1) is 6.20. The van der Waals surface area contributed by atoms with Crippen molar-refractivity contribution in [2.75, 3.05) is 0 Å². The molecule has 0 aliphatic heterocycles. The normalized spacial score (nSPS) is 10.8. The van der Waals surface area contributed by atoms with Gasteiger partial charge >= 0.3 is 0 Å². The van der Waals surface area contributed by atoms with E-state index in [9.17, 15) is 4.79 Å². The third kappa shape index (κ3) is 2.19. The lowest BCUT2D eigenvalue weighted by molar-refractivity contribution is 0.0917. The average molecular weight is 196 g/mol. The van der Waals surface area contributed by atoms with Crippen LogP contribution in [0, 0.1) is 12.8 Å². The first-order valence-electron chi connectivity index (χ1n) is 4.79. The Hall–Kier alpha value is -0.630. The predicted molar refractivity (Wildman–Crippen MR) is 57.5 cm³/mol. The van der Waals surface area contributed by atoms with Crippen LogP contribution in [0.3, 0.4) is 0 Å². The zero-order chi connectivity index (χ0) is 9.84. The molecule has 0 aliphatic carbocycles. The van der Waals surface area contributed by atoms with Gasteiger partial charge in [0.2, 0.25) is 0 Å². The van der Waals surface area contributed by atoms with E-state index in [0.29, 0.717) is 5.78 Å². The van der Waals surface area contributed by atoms with Gasteiger partial charge in [-0.3, -0.25) is 4.79 Å². The fourth-order valence-electron chi connectivity index (χ4n) is 1.47. The number of hydrogen-bond donors (Lipinski definition) is 0. The molecule has 0 atom stereocenters. The average Bonchev–Trinajstić information content (AvgIpc) is 2.53. The highest BCUT2D eigenvalue weighted by Crippen LogP contribution is 2.22. The zero-order valence-electron chi connectivity index (χ0n) is 8.46. The second-order valence-corrected chi connectivity index (χ2v) is 4.23. The monoisotopic (exact) mass is 196 g/mol. The maximum atomic E-state index is 11.9. The number of Topliss-reactive ketones (excluding diaryl/α,β-unsaturated/α-hetero) is 1. The second-order valence-electron chi connectivity index (χ2n) is 3.31. The Kier molecular flexibility index (Phi) is 3.67. The molecule has 0 spiro atoms. The highest BCUT2D eigenvalue weighted by molar-refractivity contribution is 7.12. The molecule has 72 valence electrons. The Labute approximate surface area is 83.8 Å². The Morgan fingerprint density at radius 3 is 2.46 bits per heavy atom. The van der Waals surface area contributed by atoms with E-state index in [-0.39, 0.29) is 5.92 Å². The molecule has 1 heterocycles. The fourth-order valence-corrected chi connectivity index (χ4v) is 2.42. The van der Waals surface area contributed by atoms with Crippen molar-refractivity contribution in [3.05, 3.63) is 21.9 Å². The maximum absolute atomic E-state index is 11.9. The lowest BCUT2D eigenvalue weighted by atomic mass is 9.96. The van der Waals surface area contributed by atoms with Crippen LogP contribution < -0.4 is 0 Å². The first kappa shape index (κ1) is 10.5. The quantitative estimate of drug-likeness (QED) is 0.671. The minimum atomic E-state index is 0.220. The van der Waals surface area contributed by atoms with E-state index in [1.54, 1.807) is 11.3 Å². The van der Waals surface area contributed by atoms with Gasteiger partial charge in [-0.1, -0.05) is 13.8 Å². The summed E-state index contributed by atoms with van der Waals surface area (Å²) < 4.78 is 0. The molecule has 0 unspecified atom stereocenters. The minimum Gasteiger partial charge on any atom is -0.293 e. The number of aryl methyl sites for hydroxylation is 1. The molecule has 0 bridgehead atoms. The lowest BCUT2D eigenvalue weighted by Crippen LogP contribution is -2.12. The SMILES string of the molecule is CCC(CC)C(=O)c1sccc1C. The Morgan fingerprint density at radius 2 is 2.08 bits per heavy atom. The molecule has 0 fully saturated rings. The van der Waals surface area contributed by atoms with Crippen molar-refractivity contribution in [1.29, 1.82) is 0 Å². The molecular formula is C11H16OS. The van der Waals surface area contributed by atoms with E-state index in [4.69, 9.17) is 0 Å². The van der Waals surface area contributed by atoms with Crippen LogP contribution in [0.5, 0.6) is 0 Å². The smallest absolute Gasteiger partial charge is 0.176 e. The van der Waals surface area contributed by atoms with Crippen molar-refractivity contribution in [3.8, 4) is 0 Å². The number of ketones is 1. The van der Waals surface area contributed by atoms with Crippen LogP contribution in [0.1, 0.15) is 41.9 Å². The third-order valence-corrected chi connectivity index (χ3v) is 3.47. The van der Waals surface area contributed by atoms with Gasteiger partial charge in [-0.15, -0.1) is 11.3 Å². The molecule has 1 rings (SSSR count). The fraction of sp³-hybridized carbons (Fsp3) is 0.545. The molecule has 0 aliphatic rings.